The van der Waals surface area contributed by atoms with E-state index >= 15 is 0 Å². The van der Waals surface area contributed by atoms with Crippen LogP contribution in [0.2, 0.25) is 0 Å². The van der Waals surface area contributed by atoms with E-state index in [9.17, 15) is 9.59 Å². The van der Waals surface area contributed by atoms with Gasteiger partial charge in [-0.05, 0) is 31.2 Å². The highest BCUT2D eigenvalue weighted by molar-refractivity contribution is 5.91. The molecule has 1 spiro atoms. The van der Waals surface area contributed by atoms with Gasteiger partial charge in [-0.25, -0.2) is 9.97 Å². The Hall–Kier alpha value is -2.02. The van der Waals surface area contributed by atoms with Gasteiger partial charge in [-0.1, -0.05) is 0 Å². The van der Waals surface area contributed by atoms with Crippen molar-refractivity contribution in [3.05, 3.63) is 24.3 Å². The summed E-state index contributed by atoms with van der Waals surface area (Å²) >= 11 is 0. The van der Waals surface area contributed by atoms with Crippen LogP contribution in [-0.4, -0.2) is 70.0 Å². The Kier molecular flexibility index (Phi) is 3.96. The van der Waals surface area contributed by atoms with E-state index in [1.54, 1.807) is 23.4 Å². The predicted octanol–water partition coefficient (Wildman–Crippen LogP) is 0.720. The SMILES string of the molecule is O=C(CC1COC2(C1)CN(C(=O)c1ncccn1)C2)N1CCCC1. The molecule has 7 nitrogen and oxygen atoms in total. The van der Waals surface area contributed by atoms with Gasteiger partial charge in [0.25, 0.3) is 5.91 Å². The van der Waals surface area contributed by atoms with E-state index in [2.05, 4.69) is 9.97 Å². The maximum Gasteiger partial charge on any atom is 0.291 e. The fraction of sp³-hybridized carbons (Fsp3) is 0.647. The molecular weight excluding hydrogens is 308 g/mol. The number of carbonyl (C=O) groups is 2. The zero-order valence-corrected chi connectivity index (χ0v) is 13.7. The number of nitrogens with zero attached hydrogens (tertiary/aromatic N) is 4. The number of carbonyl (C=O) groups excluding carboxylic acids is 2. The van der Waals surface area contributed by atoms with Gasteiger partial charge in [0.2, 0.25) is 11.7 Å². The van der Waals surface area contributed by atoms with Gasteiger partial charge in [0.05, 0.1) is 19.7 Å². The molecule has 0 aliphatic carbocycles. The predicted molar refractivity (Wildman–Crippen MR) is 85.2 cm³/mol. The normalized spacial score (nSPS) is 25.1. The summed E-state index contributed by atoms with van der Waals surface area (Å²) in [6, 6.07) is 1.69. The quantitative estimate of drug-likeness (QED) is 0.816. The first-order valence-electron chi connectivity index (χ1n) is 8.63. The second kappa shape index (κ2) is 6.12. The molecular formula is C17H22N4O3. The lowest BCUT2D eigenvalue weighted by atomic mass is 9.85. The summed E-state index contributed by atoms with van der Waals surface area (Å²) in [6.45, 7) is 3.55. The lowest BCUT2D eigenvalue weighted by Gasteiger charge is -2.46. The number of likely N-dealkylation sites (tertiary alicyclic amines) is 2. The molecule has 0 saturated carbocycles. The van der Waals surface area contributed by atoms with Gasteiger partial charge in [0.15, 0.2) is 0 Å². The van der Waals surface area contributed by atoms with Crippen LogP contribution in [-0.2, 0) is 9.53 Å². The Balaban J connectivity index is 1.28. The Morgan fingerprint density at radius 2 is 1.88 bits per heavy atom. The maximum atomic E-state index is 12.3. The summed E-state index contributed by atoms with van der Waals surface area (Å²) in [5, 5.41) is 0. The largest absolute Gasteiger partial charge is 0.371 e. The summed E-state index contributed by atoms with van der Waals surface area (Å²) in [5.74, 6) is 0.596. The molecule has 1 unspecified atom stereocenters. The van der Waals surface area contributed by atoms with Crippen LogP contribution in [0.4, 0.5) is 0 Å². The average Bonchev–Trinajstić information content (AvgIpc) is 3.23. The van der Waals surface area contributed by atoms with Crippen LogP contribution in [0, 0.1) is 5.92 Å². The lowest BCUT2D eigenvalue weighted by molar-refractivity contribution is -0.131. The van der Waals surface area contributed by atoms with Crippen molar-refractivity contribution < 1.29 is 14.3 Å². The number of rotatable bonds is 3. The van der Waals surface area contributed by atoms with Gasteiger partial charge in [-0.15, -0.1) is 0 Å². The molecule has 1 aromatic rings. The first kappa shape index (κ1) is 15.5. The van der Waals surface area contributed by atoms with Crippen molar-refractivity contribution in [1.29, 1.82) is 0 Å². The highest BCUT2D eigenvalue weighted by Crippen LogP contribution is 2.39. The number of hydrogen-bond acceptors (Lipinski definition) is 5. The molecule has 3 fully saturated rings. The van der Waals surface area contributed by atoms with E-state index < -0.39 is 0 Å². The zero-order valence-electron chi connectivity index (χ0n) is 13.7. The monoisotopic (exact) mass is 330 g/mol. The Morgan fingerprint density at radius 3 is 2.58 bits per heavy atom. The maximum absolute atomic E-state index is 12.3. The van der Waals surface area contributed by atoms with E-state index in [1.807, 2.05) is 4.90 Å². The van der Waals surface area contributed by atoms with Gasteiger partial charge >= 0.3 is 0 Å². The molecule has 7 heteroatoms. The molecule has 4 heterocycles. The van der Waals surface area contributed by atoms with Crippen LogP contribution >= 0.6 is 0 Å². The molecule has 128 valence electrons. The fourth-order valence-corrected chi connectivity index (χ4v) is 3.98. The van der Waals surface area contributed by atoms with Crippen LogP contribution in [0.15, 0.2) is 18.5 Å². The van der Waals surface area contributed by atoms with Crippen LogP contribution in [0.3, 0.4) is 0 Å². The van der Waals surface area contributed by atoms with Crippen molar-refractivity contribution in [3.8, 4) is 0 Å². The fourth-order valence-electron chi connectivity index (χ4n) is 3.98. The van der Waals surface area contributed by atoms with Gasteiger partial charge in [0.1, 0.15) is 5.60 Å². The first-order valence-corrected chi connectivity index (χ1v) is 8.63. The minimum atomic E-state index is -0.263. The Labute approximate surface area is 141 Å². The molecule has 4 rings (SSSR count). The van der Waals surface area contributed by atoms with Crippen LogP contribution < -0.4 is 0 Å². The topological polar surface area (TPSA) is 75.6 Å². The highest BCUT2D eigenvalue weighted by atomic mass is 16.5. The van der Waals surface area contributed by atoms with Gasteiger partial charge < -0.3 is 14.5 Å². The molecule has 0 bridgehead atoms. The van der Waals surface area contributed by atoms with Gasteiger partial charge in [0, 0.05) is 31.9 Å². The van der Waals surface area contributed by atoms with Crippen LogP contribution in [0.1, 0.15) is 36.3 Å². The first-order chi connectivity index (χ1) is 11.7. The molecule has 3 aliphatic rings. The van der Waals surface area contributed by atoms with Crippen molar-refractivity contribution in [2.24, 2.45) is 5.92 Å². The van der Waals surface area contributed by atoms with E-state index in [1.165, 1.54) is 0 Å². The zero-order chi connectivity index (χ0) is 16.6. The number of hydrogen-bond donors (Lipinski definition) is 0. The number of ether oxygens (including phenoxy) is 1. The highest BCUT2D eigenvalue weighted by Gasteiger charge is 2.52. The summed E-state index contributed by atoms with van der Waals surface area (Å²) < 4.78 is 5.96. The smallest absolute Gasteiger partial charge is 0.291 e. The van der Waals surface area contributed by atoms with E-state index in [4.69, 9.17) is 4.74 Å². The number of amides is 2. The molecule has 0 radical (unpaired) electrons. The van der Waals surface area contributed by atoms with Crippen molar-refractivity contribution in [1.82, 2.24) is 19.8 Å². The average molecular weight is 330 g/mol. The summed E-state index contributed by atoms with van der Waals surface area (Å²) in [6.07, 6.45) is 6.80. The molecule has 1 aromatic heterocycles. The third kappa shape index (κ3) is 2.88. The molecule has 1 atom stereocenters. The van der Waals surface area contributed by atoms with Gasteiger partial charge in [-0.2, -0.15) is 0 Å². The molecule has 2 amide bonds. The Bertz CT molecular complexity index is 624. The van der Waals surface area contributed by atoms with Crippen molar-refractivity contribution in [2.75, 3.05) is 32.8 Å². The van der Waals surface area contributed by atoms with Crippen molar-refractivity contribution >= 4 is 11.8 Å². The van der Waals surface area contributed by atoms with E-state index in [0.29, 0.717) is 26.1 Å². The summed E-state index contributed by atoms with van der Waals surface area (Å²) in [4.78, 5) is 36.2. The third-order valence-electron chi connectivity index (χ3n) is 5.21. The molecule has 0 aromatic carbocycles. The van der Waals surface area contributed by atoms with Crippen LogP contribution in [0.25, 0.3) is 0 Å². The summed E-state index contributed by atoms with van der Waals surface area (Å²) in [7, 11) is 0. The van der Waals surface area contributed by atoms with E-state index in [-0.39, 0.29) is 29.2 Å². The van der Waals surface area contributed by atoms with Gasteiger partial charge in [-0.3, -0.25) is 9.59 Å². The molecule has 3 saturated heterocycles. The Morgan fingerprint density at radius 1 is 1.17 bits per heavy atom. The third-order valence-corrected chi connectivity index (χ3v) is 5.21. The van der Waals surface area contributed by atoms with E-state index in [0.717, 1.165) is 32.4 Å². The summed E-state index contributed by atoms with van der Waals surface area (Å²) in [5.41, 5.74) is -0.263. The second-order valence-electron chi connectivity index (χ2n) is 7.09. The minimum absolute atomic E-state index is 0.151. The van der Waals surface area contributed by atoms with Crippen molar-refractivity contribution in [2.45, 2.75) is 31.3 Å². The molecule has 3 aliphatic heterocycles. The van der Waals surface area contributed by atoms with Crippen molar-refractivity contribution in [3.63, 3.8) is 0 Å². The van der Waals surface area contributed by atoms with Crippen LogP contribution in [0.5, 0.6) is 0 Å². The molecule has 0 N–H and O–H groups in total. The lowest BCUT2D eigenvalue weighted by Crippen LogP contribution is -2.63. The molecule has 24 heavy (non-hydrogen) atoms. The second-order valence-corrected chi connectivity index (χ2v) is 7.09. The standard InChI is InChI=1S/C17H22N4O3/c22-14(20-6-1-2-7-20)8-13-9-17(24-10-13)11-21(12-17)16(23)15-18-4-3-5-19-15/h3-5,13H,1-2,6-12H2. The number of aromatic nitrogens is 2. The minimum Gasteiger partial charge on any atom is -0.371 e.